The van der Waals surface area contributed by atoms with Gasteiger partial charge in [-0.1, -0.05) is 145 Å². The second-order valence-corrected chi connectivity index (χ2v) is 17.3. The minimum absolute atomic E-state index is 0.0549. The summed E-state index contributed by atoms with van der Waals surface area (Å²) in [5.74, 6) is 0. The molecule has 0 saturated carbocycles. The maximum absolute atomic E-state index is 2.67. The number of fused-ring (bicyclic) bond motifs is 24. The van der Waals surface area contributed by atoms with Crippen LogP contribution in [0, 0.1) is 13.8 Å². The van der Waals surface area contributed by atoms with Crippen LogP contribution in [0.1, 0.15) is 11.1 Å². The fourth-order valence-electron chi connectivity index (χ4n) is 12.2. The standard InChI is InChI=1S/C56H33BN2/c1-30-22-25-47-44(26-30)52-50-38-18-9-7-14-34(38)33-13-4-6-17-37(33)42(50)29-46-56(52)58(47)48-20-11-21-49-53(48)57(46)45-28-31(2)27-43-41-24-23-40-36-16-5-3-12-32(36)35-15-8-10-19-39(35)51(40)55(41)59(49)54(43)45/h3-29H,1-2H3. The Kier molecular flexibility index (Phi) is 5.41. The van der Waals surface area contributed by atoms with Gasteiger partial charge in [0.1, 0.15) is 0 Å². The smallest absolute Gasteiger partial charge is 0.252 e. The Morgan fingerprint density at radius 2 is 0.847 bits per heavy atom. The molecule has 59 heavy (non-hydrogen) atoms. The van der Waals surface area contributed by atoms with Gasteiger partial charge in [-0.3, -0.25) is 0 Å². The largest absolute Gasteiger partial charge is 0.310 e. The fourth-order valence-corrected chi connectivity index (χ4v) is 12.2. The van der Waals surface area contributed by atoms with Gasteiger partial charge in [-0.25, -0.2) is 0 Å². The van der Waals surface area contributed by atoms with E-state index in [-0.39, 0.29) is 6.71 Å². The molecule has 0 aliphatic carbocycles. The summed E-state index contributed by atoms with van der Waals surface area (Å²) >= 11 is 0. The average Bonchev–Trinajstić information content (AvgIpc) is 3.80. The van der Waals surface area contributed by atoms with Crippen LogP contribution >= 0.6 is 0 Å². The van der Waals surface area contributed by atoms with E-state index in [1.807, 2.05) is 0 Å². The Bertz CT molecular complexity index is 4130. The molecule has 2 aliphatic heterocycles. The molecule has 15 rings (SSSR count). The van der Waals surface area contributed by atoms with Crippen molar-refractivity contribution in [2.75, 3.05) is 0 Å². The highest BCUT2D eigenvalue weighted by molar-refractivity contribution is 7.00. The van der Waals surface area contributed by atoms with Crippen LogP contribution in [0.2, 0.25) is 0 Å². The van der Waals surface area contributed by atoms with E-state index in [2.05, 4.69) is 187 Å². The Hall–Kier alpha value is -7.36. The van der Waals surface area contributed by atoms with Crippen molar-refractivity contribution in [1.29, 1.82) is 0 Å². The Balaban J connectivity index is 1.21. The molecule has 11 aromatic carbocycles. The molecule has 0 radical (unpaired) electrons. The molecule has 0 fully saturated rings. The monoisotopic (exact) mass is 744 g/mol. The summed E-state index contributed by atoms with van der Waals surface area (Å²) in [7, 11) is 0. The first-order chi connectivity index (χ1) is 29.1. The van der Waals surface area contributed by atoms with Gasteiger partial charge in [-0.2, -0.15) is 0 Å². The molecular formula is C56H33BN2. The maximum Gasteiger partial charge on any atom is 0.252 e. The SMILES string of the molecule is Cc1ccc2c(c1)c1c3c4ccccc4c4ccccc4c3cc3c1n2-c1cccc2c1B3c1cc(C)cc3c4ccc5c6ccccc6c6ccccc6c5c4n-2c13. The zero-order chi connectivity index (χ0) is 38.4. The Morgan fingerprint density at radius 3 is 1.53 bits per heavy atom. The van der Waals surface area contributed by atoms with Crippen molar-refractivity contribution in [2.45, 2.75) is 13.8 Å². The second-order valence-electron chi connectivity index (χ2n) is 17.3. The number of benzene rings is 11. The molecule has 2 nitrogen and oxygen atoms in total. The van der Waals surface area contributed by atoms with Crippen molar-refractivity contribution < 1.29 is 0 Å². The summed E-state index contributed by atoms with van der Waals surface area (Å²) in [5.41, 5.74) is 14.6. The van der Waals surface area contributed by atoms with Crippen LogP contribution < -0.4 is 16.4 Å². The van der Waals surface area contributed by atoms with Gasteiger partial charge in [0, 0.05) is 49.2 Å². The van der Waals surface area contributed by atoms with Crippen molar-refractivity contribution in [3.05, 3.63) is 175 Å². The number of aromatic nitrogens is 2. The molecule has 2 aromatic heterocycles. The number of aryl methyl sites for hydroxylation is 2. The van der Waals surface area contributed by atoms with E-state index < -0.39 is 0 Å². The summed E-state index contributed by atoms with van der Waals surface area (Å²) in [6, 6.07) is 62.7. The normalized spacial score (nSPS) is 13.2. The van der Waals surface area contributed by atoms with Crippen molar-refractivity contribution in [1.82, 2.24) is 9.13 Å². The molecule has 0 atom stereocenters. The third-order valence-electron chi connectivity index (χ3n) is 14.3. The third kappa shape index (κ3) is 3.52. The van der Waals surface area contributed by atoms with Crippen molar-refractivity contribution in [2.24, 2.45) is 0 Å². The first kappa shape index (κ1) is 30.7. The van der Waals surface area contributed by atoms with Crippen LogP contribution in [0.25, 0.3) is 120 Å². The lowest BCUT2D eigenvalue weighted by Crippen LogP contribution is -2.59. The van der Waals surface area contributed by atoms with E-state index in [1.165, 1.54) is 147 Å². The first-order valence-electron chi connectivity index (χ1n) is 20.9. The van der Waals surface area contributed by atoms with Gasteiger partial charge in [-0.15, -0.1) is 0 Å². The predicted octanol–water partition coefficient (Wildman–Crippen LogP) is 12.6. The van der Waals surface area contributed by atoms with Crippen LogP contribution in [0.15, 0.2) is 164 Å². The van der Waals surface area contributed by atoms with Crippen molar-refractivity contribution in [3.8, 4) is 11.4 Å². The van der Waals surface area contributed by atoms with Gasteiger partial charge in [-0.05, 0) is 114 Å². The van der Waals surface area contributed by atoms with Gasteiger partial charge >= 0.3 is 0 Å². The highest BCUT2D eigenvalue weighted by Crippen LogP contribution is 2.47. The predicted molar refractivity (Wildman–Crippen MR) is 254 cm³/mol. The molecule has 0 spiro atoms. The van der Waals surface area contributed by atoms with Gasteiger partial charge in [0.25, 0.3) is 6.71 Å². The zero-order valence-corrected chi connectivity index (χ0v) is 32.6. The van der Waals surface area contributed by atoms with E-state index in [0.29, 0.717) is 0 Å². The number of nitrogens with zero attached hydrogens (tertiary/aromatic N) is 2. The van der Waals surface area contributed by atoms with Crippen LogP contribution in [-0.4, -0.2) is 15.8 Å². The molecule has 0 amide bonds. The van der Waals surface area contributed by atoms with E-state index in [0.717, 1.165) is 0 Å². The van der Waals surface area contributed by atoms with Gasteiger partial charge in [0.15, 0.2) is 0 Å². The summed E-state index contributed by atoms with van der Waals surface area (Å²) in [6.07, 6.45) is 0. The minimum Gasteiger partial charge on any atom is -0.310 e. The Morgan fingerprint density at radius 1 is 0.322 bits per heavy atom. The zero-order valence-electron chi connectivity index (χ0n) is 32.6. The van der Waals surface area contributed by atoms with Crippen LogP contribution in [-0.2, 0) is 0 Å². The number of rotatable bonds is 0. The van der Waals surface area contributed by atoms with Gasteiger partial charge in [0.2, 0.25) is 0 Å². The molecule has 3 heteroatoms. The molecule has 0 unspecified atom stereocenters. The summed E-state index contributed by atoms with van der Waals surface area (Å²) in [5, 5.41) is 21.2. The van der Waals surface area contributed by atoms with E-state index in [9.17, 15) is 0 Å². The van der Waals surface area contributed by atoms with Gasteiger partial charge in [0.05, 0.1) is 16.6 Å². The molecule has 0 saturated heterocycles. The fraction of sp³-hybridized carbons (Fsp3) is 0.0357. The van der Waals surface area contributed by atoms with Crippen molar-refractivity contribution in [3.63, 3.8) is 0 Å². The highest BCUT2D eigenvalue weighted by Gasteiger charge is 2.42. The van der Waals surface area contributed by atoms with E-state index in [4.69, 9.17) is 0 Å². The Labute approximate surface area is 339 Å². The molecule has 0 bridgehead atoms. The molecular weight excluding hydrogens is 711 g/mol. The lowest BCUT2D eigenvalue weighted by atomic mass is 9.34. The molecule has 270 valence electrons. The number of hydrogen-bond donors (Lipinski definition) is 0. The first-order valence-corrected chi connectivity index (χ1v) is 20.9. The second kappa shape index (κ2) is 10.4. The highest BCUT2D eigenvalue weighted by atomic mass is 15.0. The van der Waals surface area contributed by atoms with Crippen molar-refractivity contribution >= 4 is 131 Å². The summed E-state index contributed by atoms with van der Waals surface area (Å²) in [6.45, 7) is 4.59. The summed E-state index contributed by atoms with van der Waals surface area (Å²) in [4.78, 5) is 0. The van der Waals surface area contributed by atoms with Crippen LogP contribution in [0.3, 0.4) is 0 Å². The number of hydrogen-bond acceptors (Lipinski definition) is 0. The van der Waals surface area contributed by atoms with E-state index in [1.54, 1.807) is 0 Å². The lowest BCUT2D eigenvalue weighted by molar-refractivity contribution is 1.15. The molecule has 13 aromatic rings. The van der Waals surface area contributed by atoms with Crippen LogP contribution in [0.4, 0.5) is 0 Å². The van der Waals surface area contributed by atoms with E-state index >= 15 is 0 Å². The average molecular weight is 745 g/mol. The quantitative estimate of drug-likeness (QED) is 0.108. The minimum atomic E-state index is 0.0549. The molecule has 2 aliphatic rings. The topological polar surface area (TPSA) is 9.86 Å². The third-order valence-corrected chi connectivity index (χ3v) is 14.3. The summed E-state index contributed by atoms with van der Waals surface area (Å²) < 4.78 is 5.29. The lowest BCUT2D eigenvalue weighted by Gasteiger charge is -2.34. The maximum atomic E-state index is 2.67. The molecule has 0 N–H and O–H groups in total. The van der Waals surface area contributed by atoms with Crippen LogP contribution in [0.5, 0.6) is 0 Å². The molecule has 4 heterocycles. The van der Waals surface area contributed by atoms with Gasteiger partial charge < -0.3 is 9.13 Å².